The Morgan fingerprint density at radius 2 is 2.02 bits per heavy atom. The van der Waals surface area contributed by atoms with Crippen molar-refractivity contribution in [3.63, 3.8) is 0 Å². The summed E-state index contributed by atoms with van der Waals surface area (Å²) in [6.45, 7) is 0.498. The number of aromatic amines is 1. The smallest absolute Gasteiger partial charge is 0.454 e. The lowest BCUT2D eigenvalue weighted by Gasteiger charge is -2.14. The summed E-state index contributed by atoms with van der Waals surface area (Å²) in [7, 11) is -3.42. The van der Waals surface area contributed by atoms with Crippen molar-refractivity contribution in [3.05, 3.63) is 44.5 Å². The number of anilines is 1. The van der Waals surface area contributed by atoms with Crippen LogP contribution < -0.4 is 24.9 Å². The number of rotatable bonds is 8. The average Bonchev–Trinajstić information content (AvgIpc) is 3.57. The summed E-state index contributed by atoms with van der Waals surface area (Å²) >= 11 is 0. The van der Waals surface area contributed by atoms with Crippen LogP contribution in [0.2, 0.25) is 0 Å². The molecule has 1 fully saturated rings. The molecule has 3 unspecified atom stereocenters. The molecule has 4 heterocycles. The summed E-state index contributed by atoms with van der Waals surface area (Å²) in [6, 6.07) is 2.47. The maximum Gasteiger partial charge on any atom is 0.469 e. The third-order valence-corrected chi connectivity index (χ3v) is 6.94. The van der Waals surface area contributed by atoms with Crippen molar-refractivity contribution in [2.24, 2.45) is 7.05 Å². The lowest BCUT2D eigenvalue weighted by molar-refractivity contribution is -0.745. The number of nitrogens with zero attached hydrogens (tertiary/aromatic N) is 4. The van der Waals surface area contributed by atoms with Crippen LogP contribution in [0.5, 0.6) is 11.5 Å². The zero-order chi connectivity index (χ0) is 30.5. The standard InChI is InChI=1S/C21H23N6O14P/c1-8(9-3-11-12(38-7-37-11)4-10(9)27(32)33)40-21(31)24-20-22-17-14(18(30)23-20)25(2)6-26(17)19-16(29)15(28)13(41-19)5-39-42(34,35)36/h3-4,6,8,13,15-16,19,28-29H,5,7H2,1-2H3,(H3-,22,23,24,30,31,34,35,36)/p+1/t8?,13-,15?,16?,19-/m1/s1. The van der Waals surface area contributed by atoms with E-state index in [9.17, 15) is 34.5 Å². The van der Waals surface area contributed by atoms with Crippen LogP contribution in [-0.2, 0) is 25.6 Å². The number of nitro groups is 1. The minimum atomic E-state index is -4.90. The number of H-pyrrole nitrogens is 1. The minimum absolute atomic E-state index is 0.0143. The Hall–Kier alpha value is -4.17. The second-order valence-corrected chi connectivity index (χ2v) is 10.5. The number of benzene rings is 1. The van der Waals surface area contributed by atoms with E-state index in [1.165, 1.54) is 35.5 Å². The number of carbonyl (C=O) groups is 1. The number of carbonyl (C=O) groups excluding carboxylic acids is 1. The van der Waals surface area contributed by atoms with E-state index in [1.807, 2.05) is 0 Å². The number of aliphatic hydroxyl groups excluding tert-OH is 2. The number of phosphoric acid groups is 1. The second kappa shape index (κ2) is 10.9. The Labute approximate surface area is 233 Å². The summed E-state index contributed by atoms with van der Waals surface area (Å²) in [5.74, 6) is -0.00868. The number of hydrogen-bond acceptors (Lipinski definition) is 13. The number of amides is 1. The van der Waals surface area contributed by atoms with E-state index < -0.39 is 67.6 Å². The van der Waals surface area contributed by atoms with Crippen molar-refractivity contribution in [2.75, 3.05) is 18.7 Å². The zero-order valence-corrected chi connectivity index (χ0v) is 22.5. The molecule has 0 radical (unpaired) electrons. The van der Waals surface area contributed by atoms with E-state index in [1.54, 1.807) is 0 Å². The van der Waals surface area contributed by atoms with Gasteiger partial charge in [-0.3, -0.25) is 29.0 Å². The van der Waals surface area contributed by atoms with E-state index in [0.717, 1.165) is 6.07 Å². The number of hydrogen-bond donors (Lipinski definition) is 6. The summed E-state index contributed by atoms with van der Waals surface area (Å²) in [5.41, 5.74) is -1.24. The molecule has 0 bridgehead atoms. The van der Waals surface area contributed by atoms with Gasteiger partial charge in [-0.05, 0) is 13.0 Å². The van der Waals surface area contributed by atoms with Crippen LogP contribution in [0.15, 0.2) is 23.3 Å². The van der Waals surface area contributed by atoms with Crippen LogP contribution in [0.1, 0.15) is 24.8 Å². The first-order chi connectivity index (χ1) is 19.7. The van der Waals surface area contributed by atoms with Gasteiger partial charge in [0, 0.05) is 0 Å². The number of fused-ring (bicyclic) bond motifs is 2. The van der Waals surface area contributed by atoms with Crippen molar-refractivity contribution in [1.29, 1.82) is 0 Å². The highest BCUT2D eigenvalue weighted by Crippen LogP contribution is 2.41. The predicted octanol–water partition coefficient (Wildman–Crippen LogP) is -0.776. The summed E-state index contributed by atoms with van der Waals surface area (Å²) in [6.07, 6.45) is -6.98. The normalized spacial score (nSPS) is 22.3. The van der Waals surface area contributed by atoms with Gasteiger partial charge >= 0.3 is 19.6 Å². The Morgan fingerprint density at radius 3 is 2.69 bits per heavy atom. The highest BCUT2D eigenvalue weighted by molar-refractivity contribution is 7.46. The fourth-order valence-corrected chi connectivity index (χ4v) is 4.89. The van der Waals surface area contributed by atoms with Crippen molar-refractivity contribution >= 4 is 36.7 Å². The molecule has 42 heavy (non-hydrogen) atoms. The molecule has 1 aromatic carbocycles. The number of phosphoric ester groups is 1. The lowest BCUT2D eigenvalue weighted by atomic mass is 10.1. The molecule has 21 heteroatoms. The summed E-state index contributed by atoms with van der Waals surface area (Å²) in [4.78, 5) is 60.8. The molecule has 2 aromatic heterocycles. The Balaban J connectivity index is 1.37. The fraction of sp³-hybridized carbons (Fsp3) is 0.429. The molecule has 5 rings (SSSR count). The average molecular weight is 615 g/mol. The SMILES string of the molecule is CC(OC(=O)Nc1nc2c(c(=O)[nH]1)n(C)c[n+]2[C@@H]1O[C@H](COP(=O)(O)O)C(O)C1O)c1cc2c(cc1[N+](=O)[O-])OCO2. The molecule has 20 nitrogen and oxygen atoms in total. The molecule has 3 aromatic rings. The monoisotopic (exact) mass is 615 g/mol. The molecule has 1 saturated heterocycles. The molecule has 5 atom stereocenters. The van der Waals surface area contributed by atoms with E-state index in [2.05, 4.69) is 19.8 Å². The number of ether oxygens (including phenoxy) is 4. The number of aliphatic hydroxyl groups is 2. The molecule has 0 spiro atoms. The molecule has 2 aliphatic heterocycles. The second-order valence-electron chi connectivity index (χ2n) is 9.25. The van der Waals surface area contributed by atoms with Crippen LogP contribution in [-0.4, -0.2) is 77.3 Å². The maximum atomic E-state index is 12.8. The topological polar surface area (TPSA) is 271 Å². The van der Waals surface area contributed by atoms with Gasteiger partial charge < -0.3 is 38.9 Å². The number of aryl methyl sites for hydroxylation is 1. The Bertz CT molecular complexity index is 1670. The van der Waals surface area contributed by atoms with E-state index in [0.29, 0.717) is 0 Å². The van der Waals surface area contributed by atoms with Crippen LogP contribution in [0.4, 0.5) is 16.4 Å². The highest BCUT2D eigenvalue weighted by Gasteiger charge is 2.47. The van der Waals surface area contributed by atoms with Crippen molar-refractivity contribution < 1.29 is 62.3 Å². The van der Waals surface area contributed by atoms with Crippen molar-refractivity contribution in [3.8, 4) is 11.5 Å². The Kier molecular flexibility index (Phi) is 7.62. The highest BCUT2D eigenvalue weighted by atomic mass is 31.2. The summed E-state index contributed by atoms with van der Waals surface area (Å²) in [5, 5.41) is 34.7. The van der Waals surface area contributed by atoms with Gasteiger partial charge in [0.15, 0.2) is 17.8 Å². The van der Waals surface area contributed by atoms with Gasteiger partial charge in [0.05, 0.1) is 30.2 Å². The third-order valence-electron chi connectivity index (χ3n) is 6.45. The summed E-state index contributed by atoms with van der Waals surface area (Å²) < 4.78 is 39.1. The quantitative estimate of drug-likeness (QED) is 0.0785. The first-order valence-corrected chi connectivity index (χ1v) is 13.5. The van der Waals surface area contributed by atoms with Gasteiger partial charge in [-0.15, -0.1) is 0 Å². The van der Waals surface area contributed by atoms with Gasteiger partial charge in [-0.25, -0.2) is 19.2 Å². The number of nitro benzene ring substituents is 1. The van der Waals surface area contributed by atoms with Crippen molar-refractivity contribution in [1.82, 2.24) is 14.5 Å². The molecule has 2 aliphatic rings. The van der Waals surface area contributed by atoms with E-state index in [4.69, 9.17) is 28.7 Å². The van der Waals surface area contributed by atoms with E-state index in [-0.39, 0.29) is 40.7 Å². The molecule has 1 amide bonds. The minimum Gasteiger partial charge on any atom is -0.454 e. The molecule has 6 N–H and O–H groups in total. The first-order valence-electron chi connectivity index (χ1n) is 12.0. The van der Waals surface area contributed by atoms with Crippen molar-refractivity contribution in [2.45, 2.75) is 37.6 Å². The molecule has 226 valence electrons. The van der Waals surface area contributed by atoms with Gasteiger partial charge in [0.1, 0.15) is 24.4 Å². The molecular formula is C21H24N6O14P+. The first kappa shape index (κ1) is 29.3. The number of nitrogens with one attached hydrogen (secondary N) is 2. The van der Waals surface area contributed by atoms with Crippen LogP contribution in [0, 0.1) is 10.1 Å². The number of imidazole rings is 1. The predicted molar refractivity (Wildman–Crippen MR) is 133 cm³/mol. The van der Waals surface area contributed by atoms with Gasteiger partial charge in [0.2, 0.25) is 18.5 Å². The Morgan fingerprint density at radius 1 is 1.33 bits per heavy atom. The molecular weight excluding hydrogens is 591 g/mol. The van der Waals surface area contributed by atoms with Crippen LogP contribution >= 0.6 is 7.82 Å². The fourth-order valence-electron chi connectivity index (χ4n) is 4.55. The maximum absolute atomic E-state index is 12.8. The zero-order valence-electron chi connectivity index (χ0n) is 21.6. The molecule has 0 saturated carbocycles. The largest absolute Gasteiger partial charge is 0.469 e. The molecule has 0 aliphatic carbocycles. The van der Waals surface area contributed by atoms with Crippen LogP contribution in [0.25, 0.3) is 11.2 Å². The van der Waals surface area contributed by atoms with Gasteiger partial charge in [-0.1, -0.05) is 4.98 Å². The van der Waals surface area contributed by atoms with E-state index >= 15 is 0 Å². The lowest BCUT2D eigenvalue weighted by Crippen LogP contribution is -2.46. The van der Waals surface area contributed by atoms with Crippen LogP contribution in [0.3, 0.4) is 0 Å². The van der Waals surface area contributed by atoms with Gasteiger partial charge in [-0.2, -0.15) is 0 Å². The number of aromatic nitrogens is 4. The third kappa shape index (κ3) is 5.63. The van der Waals surface area contributed by atoms with Gasteiger partial charge in [0.25, 0.3) is 17.2 Å².